The Morgan fingerprint density at radius 2 is 2.11 bits per heavy atom. The molecule has 98 valence electrons. The largest absolute Gasteiger partial charge is 0.490 e. The third kappa shape index (κ3) is 2.02. The van der Waals surface area contributed by atoms with E-state index in [0.717, 1.165) is 17.9 Å². The Hall–Kier alpha value is -1.06. The average Bonchev–Trinajstić information content (AvgIpc) is 2.40. The van der Waals surface area contributed by atoms with Crippen molar-refractivity contribution in [1.82, 2.24) is 4.90 Å². The Morgan fingerprint density at radius 1 is 1.28 bits per heavy atom. The number of piperidine rings is 1. The number of hydrogen-bond acceptors (Lipinski definition) is 3. The number of likely N-dealkylation sites (tertiary alicyclic amines) is 1. The van der Waals surface area contributed by atoms with E-state index in [2.05, 4.69) is 17.9 Å². The minimum absolute atomic E-state index is 0.102. The van der Waals surface area contributed by atoms with Crippen LogP contribution in [-0.2, 0) is 0 Å². The number of nitrogens with zero attached hydrogens (tertiary/aromatic N) is 1. The van der Waals surface area contributed by atoms with Gasteiger partial charge in [0.05, 0.1) is 6.04 Å². The maximum Gasteiger partial charge on any atom is 0.124 e. The summed E-state index contributed by atoms with van der Waals surface area (Å²) in [5.74, 6) is 0.936. The molecular formula is C15H21NO2. The second-order valence-electron chi connectivity index (χ2n) is 5.44. The zero-order valence-electron chi connectivity index (χ0n) is 10.9. The van der Waals surface area contributed by atoms with Gasteiger partial charge in [0.1, 0.15) is 18.5 Å². The topological polar surface area (TPSA) is 32.7 Å². The number of rotatable bonds is 1. The van der Waals surface area contributed by atoms with Gasteiger partial charge in [-0.2, -0.15) is 0 Å². The summed E-state index contributed by atoms with van der Waals surface area (Å²) < 4.78 is 5.62. The predicted octanol–water partition coefficient (Wildman–Crippen LogP) is 2.36. The van der Waals surface area contributed by atoms with E-state index >= 15 is 0 Å². The molecule has 0 bridgehead atoms. The first-order valence-electron chi connectivity index (χ1n) is 6.93. The first-order valence-corrected chi connectivity index (χ1v) is 6.93. The fourth-order valence-electron chi connectivity index (χ4n) is 3.26. The van der Waals surface area contributed by atoms with E-state index in [0.29, 0.717) is 12.6 Å². The molecule has 0 saturated carbocycles. The van der Waals surface area contributed by atoms with Crippen molar-refractivity contribution in [3.05, 3.63) is 29.8 Å². The minimum Gasteiger partial charge on any atom is -0.490 e. The number of hydrogen-bond donors (Lipinski definition) is 1. The minimum atomic E-state index is -0.416. The molecule has 3 rings (SSSR count). The molecule has 3 atom stereocenters. The lowest BCUT2D eigenvalue weighted by Crippen LogP contribution is -2.48. The van der Waals surface area contributed by atoms with E-state index < -0.39 is 6.10 Å². The zero-order chi connectivity index (χ0) is 12.5. The summed E-state index contributed by atoms with van der Waals surface area (Å²) in [5.41, 5.74) is 1.14. The van der Waals surface area contributed by atoms with Crippen molar-refractivity contribution in [2.75, 3.05) is 13.2 Å². The number of benzene rings is 1. The SMILES string of the molecule is CC1CCCCN1C1c2ccccc2OCC1O. The van der Waals surface area contributed by atoms with Crippen LogP contribution in [0.2, 0.25) is 0 Å². The molecule has 0 aliphatic carbocycles. The molecule has 2 aliphatic rings. The predicted molar refractivity (Wildman–Crippen MR) is 70.7 cm³/mol. The summed E-state index contributed by atoms with van der Waals surface area (Å²) in [6.07, 6.45) is 3.35. The van der Waals surface area contributed by atoms with Crippen LogP contribution in [0.25, 0.3) is 0 Å². The number of para-hydroxylation sites is 1. The molecule has 0 radical (unpaired) electrons. The summed E-state index contributed by atoms with van der Waals surface area (Å²) in [4.78, 5) is 2.45. The Balaban J connectivity index is 1.94. The number of ether oxygens (including phenoxy) is 1. The highest BCUT2D eigenvalue weighted by Gasteiger charge is 2.36. The molecule has 3 nitrogen and oxygen atoms in total. The fourth-order valence-corrected chi connectivity index (χ4v) is 3.26. The third-order valence-corrected chi connectivity index (χ3v) is 4.22. The fraction of sp³-hybridized carbons (Fsp3) is 0.600. The van der Waals surface area contributed by atoms with Crippen molar-refractivity contribution < 1.29 is 9.84 Å². The molecule has 1 N–H and O–H groups in total. The van der Waals surface area contributed by atoms with Crippen LogP contribution in [0.15, 0.2) is 24.3 Å². The quantitative estimate of drug-likeness (QED) is 0.827. The van der Waals surface area contributed by atoms with Crippen LogP contribution in [0, 0.1) is 0 Å². The van der Waals surface area contributed by atoms with Gasteiger partial charge in [0.15, 0.2) is 0 Å². The van der Waals surface area contributed by atoms with Crippen LogP contribution in [-0.4, -0.2) is 35.3 Å². The van der Waals surface area contributed by atoms with E-state index in [-0.39, 0.29) is 6.04 Å². The molecule has 18 heavy (non-hydrogen) atoms. The smallest absolute Gasteiger partial charge is 0.124 e. The van der Waals surface area contributed by atoms with Crippen LogP contribution >= 0.6 is 0 Å². The van der Waals surface area contributed by atoms with Gasteiger partial charge in [-0.1, -0.05) is 24.6 Å². The van der Waals surface area contributed by atoms with E-state index in [1.165, 1.54) is 19.3 Å². The molecule has 3 unspecified atom stereocenters. The molecule has 0 amide bonds. The van der Waals surface area contributed by atoms with Crippen molar-refractivity contribution in [2.24, 2.45) is 0 Å². The molecule has 0 spiro atoms. The second kappa shape index (κ2) is 4.90. The Morgan fingerprint density at radius 3 is 2.94 bits per heavy atom. The van der Waals surface area contributed by atoms with Crippen LogP contribution in [0.3, 0.4) is 0 Å². The molecule has 0 aromatic heterocycles. The normalized spacial score (nSPS) is 32.7. The highest BCUT2D eigenvalue weighted by molar-refractivity contribution is 5.38. The van der Waals surface area contributed by atoms with Crippen LogP contribution in [0.5, 0.6) is 5.75 Å². The van der Waals surface area contributed by atoms with Gasteiger partial charge in [-0.25, -0.2) is 0 Å². The summed E-state index contributed by atoms with van der Waals surface area (Å²) in [7, 11) is 0. The molecule has 1 aromatic rings. The highest BCUT2D eigenvalue weighted by Crippen LogP contribution is 2.38. The first-order chi connectivity index (χ1) is 8.77. The van der Waals surface area contributed by atoms with Crippen molar-refractivity contribution in [1.29, 1.82) is 0 Å². The highest BCUT2D eigenvalue weighted by atomic mass is 16.5. The zero-order valence-corrected chi connectivity index (χ0v) is 10.9. The van der Waals surface area contributed by atoms with Gasteiger partial charge >= 0.3 is 0 Å². The van der Waals surface area contributed by atoms with Crippen molar-refractivity contribution >= 4 is 0 Å². The van der Waals surface area contributed by atoms with Gasteiger partial charge in [-0.3, -0.25) is 4.90 Å². The van der Waals surface area contributed by atoms with Gasteiger partial charge in [0.25, 0.3) is 0 Å². The van der Waals surface area contributed by atoms with Gasteiger partial charge in [0.2, 0.25) is 0 Å². The van der Waals surface area contributed by atoms with Crippen molar-refractivity contribution in [3.8, 4) is 5.75 Å². The Kier molecular flexibility index (Phi) is 3.27. The van der Waals surface area contributed by atoms with E-state index in [4.69, 9.17) is 4.74 Å². The van der Waals surface area contributed by atoms with Crippen molar-refractivity contribution in [3.63, 3.8) is 0 Å². The monoisotopic (exact) mass is 247 g/mol. The van der Waals surface area contributed by atoms with E-state index in [9.17, 15) is 5.11 Å². The lowest BCUT2D eigenvalue weighted by molar-refractivity contribution is -0.0247. The summed E-state index contributed by atoms with van der Waals surface area (Å²) in [6, 6.07) is 8.76. The van der Waals surface area contributed by atoms with Crippen LogP contribution in [0.1, 0.15) is 37.8 Å². The lowest BCUT2D eigenvalue weighted by Gasteiger charge is -2.44. The van der Waals surface area contributed by atoms with Crippen molar-refractivity contribution in [2.45, 2.75) is 44.4 Å². The Labute approximate surface area is 108 Å². The second-order valence-corrected chi connectivity index (χ2v) is 5.44. The molecule has 1 fully saturated rings. The summed E-state index contributed by atoms with van der Waals surface area (Å²) >= 11 is 0. The van der Waals surface area contributed by atoms with Gasteiger partial charge in [-0.15, -0.1) is 0 Å². The molecule has 1 saturated heterocycles. The Bertz CT molecular complexity index is 421. The van der Waals surface area contributed by atoms with Crippen LogP contribution in [0.4, 0.5) is 0 Å². The maximum atomic E-state index is 10.3. The number of fused-ring (bicyclic) bond motifs is 1. The van der Waals surface area contributed by atoms with E-state index in [1.807, 2.05) is 18.2 Å². The maximum absolute atomic E-state index is 10.3. The van der Waals surface area contributed by atoms with E-state index in [1.54, 1.807) is 0 Å². The molecule has 2 aliphatic heterocycles. The average molecular weight is 247 g/mol. The van der Waals surface area contributed by atoms with Gasteiger partial charge < -0.3 is 9.84 Å². The number of aliphatic hydroxyl groups is 1. The van der Waals surface area contributed by atoms with Gasteiger partial charge in [0, 0.05) is 11.6 Å². The van der Waals surface area contributed by atoms with Crippen LogP contribution < -0.4 is 4.74 Å². The third-order valence-electron chi connectivity index (χ3n) is 4.22. The van der Waals surface area contributed by atoms with Gasteiger partial charge in [-0.05, 0) is 32.4 Å². The number of aliphatic hydroxyl groups excluding tert-OH is 1. The standard InChI is InChI=1S/C15H21NO2/c1-11-6-4-5-9-16(11)15-12-7-2-3-8-14(12)18-10-13(15)17/h2-3,7-8,11,13,15,17H,4-6,9-10H2,1H3. The molecule has 2 heterocycles. The summed E-state index contributed by atoms with van der Waals surface area (Å²) in [6.45, 7) is 3.76. The molecular weight excluding hydrogens is 226 g/mol. The molecule has 1 aromatic carbocycles. The summed E-state index contributed by atoms with van der Waals surface area (Å²) in [5, 5.41) is 10.3. The molecule has 3 heteroatoms. The lowest BCUT2D eigenvalue weighted by atomic mass is 9.92. The first kappa shape index (κ1) is 12.0.